The number of carbonyl (C=O) groups excluding carboxylic acids is 1. The summed E-state index contributed by atoms with van der Waals surface area (Å²) < 4.78 is 16.4. The molecule has 2 heterocycles. The Balaban J connectivity index is 1.71. The number of fused-ring (bicyclic) bond motifs is 1. The Kier molecular flexibility index (Phi) is 5.21. The number of hydrogen-bond donors (Lipinski definition) is 1. The maximum atomic E-state index is 14.3. The normalized spacial score (nSPS) is 11.1. The van der Waals surface area contributed by atoms with E-state index in [0.717, 1.165) is 28.0 Å². The fraction of sp³-hybridized carbons (Fsp3) is 0.100. The second kappa shape index (κ2) is 7.72. The van der Waals surface area contributed by atoms with Gasteiger partial charge < -0.3 is 9.88 Å². The topological polar surface area (TPSA) is 72.7 Å². The van der Waals surface area contributed by atoms with Crippen molar-refractivity contribution in [3.8, 4) is 11.3 Å². The molecule has 0 bridgehead atoms. The molecular weight excluding hydrogens is 389 g/mol. The van der Waals surface area contributed by atoms with E-state index in [-0.39, 0.29) is 11.7 Å². The number of carbonyl (C=O) groups is 1. The highest BCUT2D eigenvalue weighted by atomic mass is 19.1. The van der Waals surface area contributed by atoms with Crippen LogP contribution in [-0.2, 0) is 7.05 Å². The molecule has 31 heavy (non-hydrogen) atoms. The standard InChI is InChI=1S/C20H20B4FN5O/c1-8-26-7-12(30(8)2)9-3-4-11-10(5-9)6-13(29-28-11)27-20(31)14-15(21)17(23)19(25)18(24)16(14)22/h3-7H,21-24H2,1-2H3,(H,27,29,31). The third kappa shape index (κ3) is 3.54. The van der Waals surface area contributed by atoms with Crippen molar-refractivity contribution in [3.05, 3.63) is 47.7 Å². The SMILES string of the molecule is Bc1c(B)c(C(=O)Nc2cc3cc(-c4cnc(C)n4C)ccc3nn2)c(B)c(B)c1F. The Morgan fingerprint density at radius 1 is 1.03 bits per heavy atom. The number of nitrogens with one attached hydrogen (secondary N) is 1. The zero-order valence-corrected chi connectivity index (χ0v) is 18.5. The van der Waals surface area contributed by atoms with Crippen molar-refractivity contribution in [2.45, 2.75) is 6.92 Å². The summed E-state index contributed by atoms with van der Waals surface area (Å²) in [5.74, 6) is 0.670. The Labute approximate surface area is 183 Å². The lowest BCUT2D eigenvalue weighted by atomic mass is 9.66. The summed E-state index contributed by atoms with van der Waals surface area (Å²) in [6, 6.07) is 7.66. The third-order valence-electron chi connectivity index (χ3n) is 6.10. The summed E-state index contributed by atoms with van der Waals surface area (Å²) >= 11 is 0. The highest BCUT2D eigenvalue weighted by Crippen LogP contribution is 2.24. The summed E-state index contributed by atoms with van der Waals surface area (Å²) in [4.78, 5) is 17.4. The molecule has 4 aromatic rings. The maximum absolute atomic E-state index is 14.3. The van der Waals surface area contributed by atoms with Crippen LogP contribution in [0, 0.1) is 12.7 Å². The molecule has 4 rings (SSSR count). The molecule has 6 nitrogen and oxygen atoms in total. The van der Waals surface area contributed by atoms with Gasteiger partial charge in [0, 0.05) is 23.6 Å². The van der Waals surface area contributed by atoms with Gasteiger partial charge in [-0.15, -0.1) is 10.2 Å². The fourth-order valence-electron chi connectivity index (χ4n) is 3.82. The van der Waals surface area contributed by atoms with E-state index in [9.17, 15) is 9.18 Å². The van der Waals surface area contributed by atoms with Gasteiger partial charge in [-0.1, -0.05) is 27.9 Å². The summed E-state index contributed by atoms with van der Waals surface area (Å²) in [5.41, 5.74) is 5.39. The number of imidazole rings is 1. The summed E-state index contributed by atoms with van der Waals surface area (Å²) in [5, 5.41) is 12.1. The molecular formula is C20H20B4FN5O. The number of aryl methyl sites for hydroxylation is 1. The maximum Gasteiger partial charge on any atom is 0.255 e. The summed E-state index contributed by atoms with van der Waals surface area (Å²) in [6.45, 7) is 1.95. The van der Waals surface area contributed by atoms with E-state index in [4.69, 9.17) is 0 Å². The number of rotatable bonds is 3. The molecule has 0 saturated carbocycles. The highest BCUT2D eigenvalue weighted by molar-refractivity contribution is 6.59. The average Bonchev–Trinajstić information content (AvgIpc) is 3.09. The Morgan fingerprint density at radius 2 is 1.71 bits per heavy atom. The van der Waals surface area contributed by atoms with Crippen molar-refractivity contribution in [1.29, 1.82) is 0 Å². The quantitative estimate of drug-likeness (QED) is 0.362. The lowest BCUT2D eigenvalue weighted by Crippen LogP contribution is -2.49. The van der Waals surface area contributed by atoms with Gasteiger partial charge in [0.2, 0.25) is 0 Å². The zero-order valence-electron chi connectivity index (χ0n) is 18.5. The highest BCUT2D eigenvalue weighted by Gasteiger charge is 2.19. The van der Waals surface area contributed by atoms with Gasteiger partial charge in [0.15, 0.2) is 5.82 Å². The van der Waals surface area contributed by atoms with Crippen LogP contribution in [0.5, 0.6) is 0 Å². The molecule has 1 amide bonds. The molecule has 1 N–H and O–H groups in total. The second-order valence-corrected chi connectivity index (χ2v) is 7.90. The first-order chi connectivity index (χ1) is 14.7. The second-order valence-electron chi connectivity index (χ2n) is 7.90. The van der Waals surface area contributed by atoms with Crippen molar-refractivity contribution >= 4 is 75.9 Å². The van der Waals surface area contributed by atoms with Crippen molar-refractivity contribution < 1.29 is 9.18 Å². The van der Waals surface area contributed by atoms with Crippen molar-refractivity contribution in [2.75, 3.05) is 5.32 Å². The van der Waals surface area contributed by atoms with E-state index < -0.39 is 0 Å². The zero-order chi connectivity index (χ0) is 22.4. The van der Waals surface area contributed by atoms with E-state index in [1.54, 1.807) is 37.5 Å². The molecule has 0 aliphatic carbocycles. The van der Waals surface area contributed by atoms with Crippen molar-refractivity contribution in [3.63, 3.8) is 0 Å². The van der Waals surface area contributed by atoms with E-state index >= 15 is 0 Å². The number of nitrogens with zero attached hydrogens (tertiary/aromatic N) is 4. The van der Waals surface area contributed by atoms with Crippen LogP contribution in [0.4, 0.5) is 10.2 Å². The molecule has 0 fully saturated rings. The van der Waals surface area contributed by atoms with Crippen LogP contribution in [0.25, 0.3) is 22.2 Å². The van der Waals surface area contributed by atoms with Crippen LogP contribution in [0.3, 0.4) is 0 Å². The van der Waals surface area contributed by atoms with Crippen LogP contribution < -0.4 is 27.2 Å². The van der Waals surface area contributed by atoms with Gasteiger partial charge in [-0.2, -0.15) is 0 Å². The first-order valence-electron chi connectivity index (χ1n) is 10.0. The molecule has 11 heteroatoms. The van der Waals surface area contributed by atoms with E-state index in [2.05, 4.69) is 20.5 Å². The smallest absolute Gasteiger partial charge is 0.255 e. The summed E-state index contributed by atoms with van der Waals surface area (Å²) in [6.07, 6.45) is 1.83. The van der Waals surface area contributed by atoms with Gasteiger partial charge in [-0.3, -0.25) is 4.79 Å². The number of halogens is 1. The molecule has 2 aromatic carbocycles. The molecule has 0 aliphatic rings. The molecule has 0 aliphatic heterocycles. The fourth-order valence-corrected chi connectivity index (χ4v) is 3.82. The molecule has 2 aromatic heterocycles. The number of anilines is 1. The van der Waals surface area contributed by atoms with Gasteiger partial charge in [0.25, 0.3) is 5.91 Å². The monoisotopic (exact) mass is 409 g/mol. The van der Waals surface area contributed by atoms with Crippen LogP contribution in [0.15, 0.2) is 30.5 Å². The minimum atomic E-state index is -0.326. The number of benzene rings is 2. The molecule has 150 valence electrons. The minimum Gasteiger partial charge on any atom is -0.331 e. The van der Waals surface area contributed by atoms with Crippen LogP contribution in [0.1, 0.15) is 16.2 Å². The van der Waals surface area contributed by atoms with Crippen molar-refractivity contribution in [2.24, 2.45) is 7.05 Å². The first kappa shape index (κ1) is 20.9. The Bertz CT molecular complexity index is 1340. The van der Waals surface area contributed by atoms with E-state index in [1.165, 1.54) is 0 Å². The Hall–Kier alpha value is -3.35. The lowest BCUT2D eigenvalue weighted by molar-refractivity contribution is 0.102. The van der Waals surface area contributed by atoms with Gasteiger partial charge >= 0.3 is 0 Å². The molecule has 0 radical (unpaired) electrons. The lowest BCUT2D eigenvalue weighted by Gasteiger charge is -2.17. The number of aromatic nitrogens is 4. The van der Waals surface area contributed by atoms with Crippen molar-refractivity contribution in [1.82, 2.24) is 19.7 Å². The molecule has 0 saturated heterocycles. The van der Waals surface area contributed by atoms with E-state index in [1.807, 2.05) is 42.9 Å². The average molecular weight is 409 g/mol. The minimum absolute atomic E-state index is 0.269. The number of amides is 1. The third-order valence-corrected chi connectivity index (χ3v) is 6.10. The molecule has 0 unspecified atom stereocenters. The van der Waals surface area contributed by atoms with Gasteiger partial charge in [-0.05, 0) is 25.1 Å². The van der Waals surface area contributed by atoms with Crippen LogP contribution in [-0.4, -0.2) is 57.0 Å². The van der Waals surface area contributed by atoms with E-state index in [0.29, 0.717) is 33.2 Å². The van der Waals surface area contributed by atoms with Crippen LogP contribution >= 0.6 is 0 Å². The number of hydrogen-bond acceptors (Lipinski definition) is 4. The predicted octanol–water partition coefficient (Wildman–Crippen LogP) is -3.24. The summed E-state index contributed by atoms with van der Waals surface area (Å²) in [7, 11) is 8.86. The van der Waals surface area contributed by atoms with Gasteiger partial charge in [0.1, 0.15) is 43.0 Å². The molecule has 0 spiro atoms. The van der Waals surface area contributed by atoms with Gasteiger partial charge in [-0.25, -0.2) is 9.37 Å². The Morgan fingerprint density at radius 3 is 2.32 bits per heavy atom. The predicted molar refractivity (Wildman–Crippen MR) is 134 cm³/mol. The molecule has 0 atom stereocenters. The first-order valence-corrected chi connectivity index (χ1v) is 10.0. The van der Waals surface area contributed by atoms with Crippen LogP contribution in [0.2, 0.25) is 0 Å². The van der Waals surface area contributed by atoms with Gasteiger partial charge in [0.05, 0.1) is 17.4 Å². The largest absolute Gasteiger partial charge is 0.331 e.